The largest absolute Gasteiger partial charge is 0.417 e. The van der Waals surface area contributed by atoms with Gasteiger partial charge < -0.3 is 15.1 Å². The molecule has 0 aliphatic heterocycles. The van der Waals surface area contributed by atoms with Crippen LogP contribution in [0.15, 0.2) is 33.5 Å². The zero-order valence-electron chi connectivity index (χ0n) is 10.6. The van der Waals surface area contributed by atoms with Crippen molar-refractivity contribution < 1.29 is 4.42 Å². The molecule has 0 atom stereocenters. The number of fused-ring (bicyclic) bond motifs is 1. The Balaban J connectivity index is 1.95. The van der Waals surface area contributed by atoms with E-state index in [0.29, 0.717) is 23.3 Å². The van der Waals surface area contributed by atoms with Gasteiger partial charge in [0.05, 0.1) is 27.8 Å². The Bertz CT molecular complexity index is 820. The minimum Gasteiger partial charge on any atom is -0.408 e. The van der Waals surface area contributed by atoms with Gasteiger partial charge in [0.1, 0.15) is 0 Å². The zero-order chi connectivity index (χ0) is 14.3. The molecule has 0 aliphatic rings. The fraction of sp³-hybridized carbons (Fsp3) is 0.154. The third-order valence-electron chi connectivity index (χ3n) is 3.00. The number of nitrogen functional groups attached to an aromatic ring is 1. The van der Waals surface area contributed by atoms with Gasteiger partial charge in [-0.2, -0.15) is 0 Å². The number of hydrogen-bond donors (Lipinski definition) is 2. The average molecular weight is 310 g/mol. The Morgan fingerprint density at radius 1 is 1.45 bits per heavy atom. The standard InChI is InChI=1S/C13H12ClN3O2S/c1-17(6-7-2-3-12(14)20-7)10-5-9-11(4-8(10)15)19-13(18)16-9/h2-5H,6,15H2,1H3,(H,16,18). The quantitative estimate of drug-likeness (QED) is 0.729. The Morgan fingerprint density at radius 3 is 2.95 bits per heavy atom. The number of halogens is 1. The second-order valence-corrected chi connectivity index (χ2v) is 6.28. The first-order valence-corrected chi connectivity index (χ1v) is 7.10. The van der Waals surface area contributed by atoms with Gasteiger partial charge in [0.2, 0.25) is 0 Å². The molecule has 3 aromatic rings. The molecule has 104 valence electrons. The summed E-state index contributed by atoms with van der Waals surface area (Å²) in [5.74, 6) is -0.482. The number of aromatic amines is 1. The number of H-pyrrole nitrogens is 1. The van der Waals surface area contributed by atoms with Crippen molar-refractivity contribution in [2.24, 2.45) is 0 Å². The van der Waals surface area contributed by atoms with Crippen LogP contribution in [0.4, 0.5) is 11.4 Å². The van der Waals surface area contributed by atoms with Crippen LogP contribution in [0.5, 0.6) is 0 Å². The van der Waals surface area contributed by atoms with Crippen molar-refractivity contribution in [3.8, 4) is 0 Å². The lowest BCUT2D eigenvalue weighted by atomic mass is 10.2. The summed E-state index contributed by atoms with van der Waals surface area (Å²) in [4.78, 5) is 17.0. The molecule has 1 aromatic carbocycles. The summed E-state index contributed by atoms with van der Waals surface area (Å²) in [5, 5.41) is 0. The van der Waals surface area contributed by atoms with E-state index < -0.39 is 5.76 Å². The molecule has 5 nitrogen and oxygen atoms in total. The van der Waals surface area contributed by atoms with Gasteiger partial charge in [0.25, 0.3) is 0 Å². The number of thiophene rings is 1. The van der Waals surface area contributed by atoms with Gasteiger partial charge >= 0.3 is 5.76 Å². The van der Waals surface area contributed by atoms with Gasteiger partial charge in [-0.3, -0.25) is 4.98 Å². The maximum atomic E-state index is 11.2. The molecule has 2 heterocycles. The van der Waals surface area contributed by atoms with E-state index in [1.807, 2.05) is 30.1 Å². The van der Waals surface area contributed by atoms with Crippen molar-refractivity contribution in [1.29, 1.82) is 0 Å². The smallest absolute Gasteiger partial charge is 0.408 e. The second-order valence-electron chi connectivity index (χ2n) is 4.48. The summed E-state index contributed by atoms with van der Waals surface area (Å²) in [7, 11) is 1.93. The highest BCUT2D eigenvalue weighted by molar-refractivity contribution is 7.16. The van der Waals surface area contributed by atoms with Gasteiger partial charge in [-0.05, 0) is 18.2 Å². The van der Waals surface area contributed by atoms with Crippen LogP contribution < -0.4 is 16.4 Å². The Morgan fingerprint density at radius 2 is 2.25 bits per heavy atom. The van der Waals surface area contributed by atoms with Gasteiger partial charge in [-0.15, -0.1) is 11.3 Å². The van der Waals surface area contributed by atoms with E-state index in [2.05, 4.69) is 4.98 Å². The number of nitrogens with one attached hydrogen (secondary N) is 1. The molecule has 0 bridgehead atoms. The summed E-state index contributed by atoms with van der Waals surface area (Å²) in [6, 6.07) is 7.32. The molecule has 0 amide bonds. The summed E-state index contributed by atoms with van der Waals surface area (Å²) < 4.78 is 5.74. The molecule has 0 aliphatic carbocycles. The van der Waals surface area contributed by atoms with Crippen LogP contribution >= 0.6 is 22.9 Å². The molecule has 3 rings (SSSR count). The van der Waals surface area contributed by atoms with E-state index >= 15 is 0 Å². The molecule has 7 heteroatoms. The van der Waals surface area contributed by atoms with Crippen LogP contribution in [0.2, 0.25) is 4.34 Å². The van der Waals surface area contributed by atoms with Crippen molar-refractivity contribution in [3.63, 3.8) is 0 Å². The van der Waals surface area contributed by atoms with Crippen molar-refractivity contribution >= 4 is 45.4 Å². The number of nitrogens with zero attached hydrogens (tertiary/aromatic N) is 1. The molecule has 0 fully saturated rings. The first-order valence-electron chi connectivity index (χ1n) is 5.90. The topological polar surface area (TPSA) is 75.3 Å². The normalized spacial score (nSPS) is 11.1. The maximum absolute atomic E-state index is 11.2. The van der Waals surface area contributed by atoms with Gasteiger partial charge in [-0.25, -0.2) is 4.79 Å². The number of aromatic nitrogens is 1. The number of nitrogens with two attached hydrogens (primary N) is 1. The molecule has 0 radical (unpaired) electrons. The van der Waals surface area contributed by atoms with E-state index in [-0.39, 0.29) is 0 Å². The average Bonchev–Trinajstić information content (AvgIpc) is 2.93. The number of benzene rings is 1. The van der Waals surface area contributed by atoms with Crippen LogP contribution in [0.3, 0.4) is 0 Å². The lowest BCUT2D eigenvalue weighted by Gasteiger charge is -2.20. The van der Waals surface area contributed by atoms with Crippen LogP contribution in [0.1, 0.15) is 4.88 Å². The minimum absolute atomic E-state index is 0.462. The molecule has 0 saturated heterocycles. The zero-order valence-corrected chi connectivity index (χ0v) is 12.2. The lowest BCUT2D eigenvalue weighted by molar-refractivity contribution is 0.555. The number of anilines is 2. The predicted octanol–water partition coefficient (Wildman–Crippen LogP) is 3.05. The van der Waals surface area contributed by atoms with E-state index in [1.54, 1.807) is 6.07 Å². The SMILES string of the molecule is CN(Cc1ccc(Cl)s1)c1cc2[nH]c(=O)oc2cc1N. The minimum atomic E-state index is -0.482. The Kier molecular flexibility index (Phi) is 3.19. The Hall–Kier alpha value is -1.92. The summed E-state index contributed by atoms with van der Waals surface area (Å²) >= 11 is 7.46. The van der Waals surface area contributed by atoms with Crippen LogP contribution in [0, 0.1) is 0 Å². The highest BCUT2D eigenvalue weighted by Crippen LogP contribution is 2.30. The first kappa shape index (κ1) is 13.1. The number of oxazole rings is 1. The van der Waals surface area contributed by atoms with Crippen molar-refractivity contribution in [2.45, 2.75) is 6.54 Å². The van der Waals surface area contributed by atoms with E-state index in [1.165, 1.54) is 11.3 Å². The summed E-state index contributed by atoms with van der Waals surface area (Å²) in [5.41, 5.74) is 8.50. The summed E-state index contributed by atoms with van der Waals surface area (Å²) in [6.07, 6.45) is 0. The van der Waals surface area contributed by atoms with Gasteiger partial charge in [0, 0.05) is 18.0 Å². The van der Waals surface area contributed by atoms with Gasteiger partial charge in [-0.1, -0.05) is 11.6 Å². The molecule has 0 unspecified atom stereocenters. The van der Waals surface area contributed by atoms with Crippen LogP contribution in [-0.4, -0.2) is 12.0 Å². The third kappa shape index (κ3) is 2.39. The van der Waals surface area contributed by atoms with Crippen molar-refractivity contribution in [3.05, 3.63) is 44.0 Å². The molecule has 0 saturated carbocycles. The number of hydrogen-bond acceptors (Lipinski definition) is 5. The predicted molar refractivity (Wildman–Crippen MR) is 82.7 cm³/mol. The summed E-state index contributed by atoms with van der Waals surface area (Å²) in [6.45, 7) is 0.690. The molecular formula is C13H12ClN3O2S. The lowest BCUT2D eigenvalue weighted by Crippen LogP contribution is -2.17. The highest BCUT2D eigenvalue weighted by Gasteiger charge is 2.11. The van der Waals surface area contributed by atoms with E-state index in [9.17, 15) is 4.79 Å². The second kappa shape index (κ2) is 4.88. The molecular weight excluding hydrogens is 298 g/mol. The number of rotatable bonds is 3. The van der Waals surface area contributed by atoms with Crippen LogP contribution in [-0.2, 0) is 6.54 Å². The molecule has 2 aromatic heterocycles. The Labute approximate surface area is 123 Å². The third-order valence-corrected chi connectivity index (χ3v) is 4.22. The molecule has 20 heavy (non-hydrogen) atoms. The molecule has 3 N–H and O–H groups in total. The van der Waals surface area contributed by atoms with E-state index in [0.717, 1.165) is 14.9 Å². The van der Waals surface area contributed by atoms with Crippen molar-refractivity contribution in [1.82, 2.24) is 4.98 Å². The highest BCUT2D eigenvalue weighted by atomic mass is 35.5. The fourth-order valence-corrected chi connectivity index (χ4v) is 3.23. The monoisotopic (exact) mass is 309 g/mol. The fourth-order valence-electron chi connectivity index (χ4n) is 2.09. The molecule has 0 spiro atoms. The van der Waals surface area contributed by atoms with Crippen LogP contribution in [0.25, 0.3) is 11.1 Å². The van der Waals surface area contributed by atoms with Gasteiger partial charge in [0.15, 0.2) is 5.58 Å². The van der Waals surface area contributed by atoms with E-state index in [4.69, 9.17) is 21.8 Å². The maximum Gasteiger partial charge on any atom is 0.417 e. The van der Waals surface area contributed by atoms with Crippen molar-refractivity contribution in [2.75, 3.05) is 17.7 Å². The first-order chi connectivity index (χ1) is 9.52.